The lowest BCUT2D eigenvalue weighted by Crippen LogP contribution is -2.38. The Morgan fingerprint density at radius 2 is 2.26 bits per heavy atom. The SMILES string of the molecule is NC(CNC(=O)c1ccc([N+](=O)[O-])cc1Br)C1CC1. The summed E-state index contributed by atoms with van der Waals surface area (Å²) in [4.78, 5) is 22.0. The molecule has 0 saturated heterocycles. The summed E-state index contributed by atoms with van der Waals surface area (Å²) < 4.78 is 0.402. The van der Waals surface area contributed by atoms with Crippen molar-refractivity contribution in [2.45, 2.75) is 18.9 Å². The highest BCUT2D eigenvalue weighted by Crippen LogP contribution is 2.31. The Kier molecular flexibility index (Phi) is 4.16. The number of non-ortho nitro benzene ring substituents is 1. The van der Waals surface area contributed by atoms with E-state index in [-0.39, 0.29) is 17.6 Å². The van der Waals surface area contributed by atoms with E-state index >= 15 is 0 Å². The smallest absolute Gasteiger partial charge is 0.270 e. The average molecular weight is 328 g/mol. The molecule has 19 heavy (non-hydrogen) atoms. The van der Waals surface area contributed by atoms with Crippen LogP contribution in [0.4, 0.5) is 5.69 Å². The fourth-order valence-electron chi connectivity index (χ4n) is 1.80. The van der Waals surface area contributed by atoms with Crippen LogP contribution in [0, 0.1) is 16.0 Å². The van der Waals surface area contributed by atoms with Gasteiger partial charge in [0, 0.05) is 29.2 Å². The maximum absolute atomic E-state index is 11.9. The van der Waals surface area contributed by atoms with Crippen LogP contribution in [0.2, 0.25) is 0 Å². The first kappa shape index (κ1) is 14.0. The van der Waals surface area contributed by atoms with E-state index in [2.05, 4.69) is 21.2 Å². The van der Waals surface area contributed by atoms with E-state index in [9.17, 15) is 14.9 Å². The molecule has 1 aliphatic rings. The van der Waals surface area contributed by atoms with Crippen LogP contribution in [0.25, 0.3) is 0 Å². The number of halogens is 1. The summed E-state index contributed by atoms with van der Waals surface area (Å²) in [6.45, 7) is 0.424. The zero-order valence-electron chi connectivity index (χ0n) is 10.1. The predicted octanol–water partition coefficient (Wildman–Crippen LogP) is 1.82. The maximum Gasteiger partial charge on any atom is 0.270 e. The monoisotopic (exact) mass is 327 g/mol. The highest BCUT2D eigenvalue weighted by atomic mass is 79.9. The first-order valence-electron chi connectivity index (χ1n) is 5.96. The van der Waals surface area contributed by atoms with Gasteiger partial charge in [-0.2, -0.15) is 0 Å². The predicted molar refractivity (Wildman–Crippen MR) is 73.8 cm³/mol. The minimum atomic E-state index is -0.505. The first-order chi connectivity index (χ1) is 8.99. The summed E-state index contributed by atoms with van der Waals surface area (Å²) >= 11 is 3.17. The molecule has 0 radical (unpaired) electrons. The third-order valence-corrected chi connectivity index (χ3v) is 3.79. The molecular formula is C12H14BrN3O3. The topological polar surface area (TPSA) is 98.3 Å². The van der Waals surface area contributed by atoms with Crippen molar-refractivity contribution >= 4 is 27.5 Å². The van der Waals surface area contributed by atoms with E-state index in [4.69, 9.17) is 5.73 Å². The van der Waals surface area contributed by atoms with Crippen LogP contribution in [0.15, 0.2) is 22.7 Å². The first-order valence-corrected chi connectivity index (χ1v) is 6.76. The lowest BCUT2D eigenvalue weighted by Gasteiger charge is -2.12. The Labute approximate surface area is 118 Å². The Hall–Kier alpha value is -1.47. The van der Waals surface area contributed by atoms with Gasteiger partial charge >= 0.3 is 0 Å². The molecule has 1 aromatic rings. The normalized spacial score (nSPS) is 15.9. The summed E-state index contributed by atoms with van der Waals surface area (Å²) in [6, 6.07) is 4.04. The Balaban J connectivity index is 2.00. The van der Waals surface area contributed by atoms with Crippen LogP contribution >= 0.6 is 15.9 Å². The summed E-state index contributed by atoms with van der Waals surface area (Å²) in [7, 11) is 0. The van der Waals surface area contributed by atoms with Crippen LogP contribution < -0.4 is 11.1 Å². The number of hydrogen-bond donors (Lipinski definition) is 2. The summed E-state index contributed by atoms with van der Waals surface area (Å²) in [6.07, 6.45) is 2.25. The van der Waals surface area contributed by atoms with Gasteiger partial charge in [0.2, 0.25) is 0 Å². The molecule has 6 nitrogen and oxygen atoms in total. The zero-order valence-corrected chi connectivity index (χ0v) is 11.7. The molecule has 1 unspecified atom stereocenters. The fourth-order valence-corrected chi connectivity index (χ4v) is 2.35. The van der Waals surface area contributed by atoms with Crippen LogP contribution in [0.1, 0.15) is 23.2 Å². The number of carbonyl (C=O) groups is 1. The number of nitro benzene ring substituents is 1. The average Bonchev–Trinajstić information content (AvgIpc) is 3.19. The van der Waals surface area contributed by atoms with Gasteiger partial charge in [0.25, 0.3) is 11.6 Å². The summed E-state index contributed by atoms with van der Waals surface area (Å²) in [5.74, 6) is 0.235. The van der Waals surface area contributed by atoms with Gasteiger partial charge in [-0.05, 0) is 40.8 Å². The molecule has 0 aromatic heterocycles. The number of nitrogens with two attached hydrogens (primary N) is 1. The molecule has 1 saturated carbocycles. The van der Waals surface area contributed by atoms with E-state index in [0.717, 1.165) is 12.8 Å². The minimum Gasteiger partial charge on any atom is -0.350 e. The number of nitrogens with zero attached hydrogens (tertiary/aromatic N) is 1. The number of amides is 1. The highest BCUT2D eigenvalue weighted by molar-refractivity contribution is 9.10. The number of nitro groups is 1. The van der Waals surface area contributed by atoms with Gasteiger partial charge in [-0.1, -0.05) is 0 Å². The second kappa shape index (κ2) is 5.66. The molecule has 0 bridgehead atoms. The van der Waals surface area contributed by atoms with E-state index in [1.807, 2.05) is 0 Å². The summed E-state index contributed by atoms with van der Waals surface area (Å²) in [5.41, 5.74) is 6.20. The molecular weight excluding hydrogens is 314 g/mol. The quantitative estimate of drug-likeness (QED) is 0.636. The molecule has 1 atom stereocenters. The van der Waals surface area contributed by atoms with Gasteiger partial charge in [0.1, 0.15) is 0 Å². The largest absolute Gasteiger partial charge is 0.350 e. The number of benzene rings is 1. The van der Waals surface area contributed by atoms with Crippen LogP contribution in [0.5, 0.6) is 0 Å². The Morgan fingerprint density at radius 3 is 2.79 bits per heavy atom. The molecule has 3 N–H and O–H groups in total. The lowest BCUT2D eigenvalue weighted by atomic mass is 10.1. The van der Waals surface area contributed by atoms with Gasteiger partial charge in [-0.15, -0.1) is 0 Å². The van der Waals surface area contributed by atoms with E-state index in [0.29, 0.717) is 22.5 Å². The lowest BCUT2D eigenvalue weighted by molar-refractivity contribution is -0.384. The van der Waals surface area contributed by atoms with Crippen molar-refractivity contribution in [2.24, 2.45) is 11.7 Å². The molecule has 2 rings (SSSR count). The van der Waals surface area contributed by atoms with Crippen LogP contribution in [-0.2, 0) is 0 Å². The third-order valence-electron chi connectivity index (χ3n) is 3.13. The number of carbonyl (C=O) groups excluding carboxylic acids is 1. The highest BCUT2D eigenvalue weighted by Gasteiger charge is 2.28. The molecule has 102 valence electrons. The standard InChI is InChI=1S/C12H14BrN3O3/c13-10-5-8(16(18)19)3-4-9(10)12(17)15-6-11(14)7-1-2-7/h3-5,7,11H,1-2,6,14H2,(H,15,17). The van der Waals surface area contributed by atoms with Crippen molar-refractivity contribution in [3.63, 3.8) is 0 Å². The van der Waals surface area contributed by atoms with Gasteiger partial charge < -0.3 is 11.1 Å². The van der Waals surface area contributed by atoms with Crippen molar-refractivity contribution in [2.75, 3.05) is 6.54 Å². The maximum atomic E-state index is 11.9. The minimum absolute atomic E-state index is 0.0132. The van der Waals surface area contributed by atoms with Gasteiger partial charge in [0.15, 0.2) is 0 Å². The van der Waals surface area contributed by atoms with Crippen LogP contribution in [0.3, 0.4) is 0 Å². The fraction of sp³-hybridized carbons (Fsp3) is 0.417. The molecule has 1 amide bonds. The van der Waals surface area contributed by atoms with E-state index in [1.54, 1.807) is 0 Å². The van der Waals surface area contributed by atoms with Crippen molar-refractivity contribution in [1.82, 2.24) is 5.32 Å². The van der Waals surface area contributed by atoms with E-state index in [1.165, 1.54) is 18.2 Å². The summed E-state index contributed by atoms with van der Waals surface area (Å²) in [5, 5.41) is 13.3. The second-order valence-corrected chi connectivity index (χ2v) is 5.49. The number of hydrogen-bond acceptors (Lipinski definition) is 4. The van der Waals surface area contributed by atoms with Crippen molar-refractivity contribution < 1.29 is 9.72 Å². The van der Waals surface area contributed by atoms with Gasteiger partial charge in [-0.25, -0.2) is 0 Å². The van der Waals surface area contributed by atoms with Gasteiger partial charge in [0.05, 0.1) is 10.5 Å². The molecule has 0 heterocycles. The molecule has 0 spiro atoms. The van der Waals surface area contributed by atoms with Crippen molar-refractivity contribution in [3.8, 4) is 0 Å². The van der Waals surface area contributed by atoms with Gasteiger partial charge in [-0.3, -0.25) is 14.9 Å². The molecule has 1 aromatic carbocycles. The van der Waals surface area contributed by atoms with Crippen molar-refractivity contribution in [3.05, 3.63) is 38.3 Å². The zero-order chi connectivity index (χ0) is 14.0. The molecule has 0 aliphatic heterocycles. The Morgan fingerprint density at radius 1 is 1.58 bits per heavy atom. The number of nitrogens with one attached hydrogen (secondary N) is 1. The molecule has 1 aliphatic carbocycles. The van der Waals surface area contributed by atoms with E-state index < -0.39 is 4.92 Å². The Bertz CT molecular complexity index is 517. The second-order valence-electron chi connectivity index (χ2n) is 4.63. The molecule has 7 heteroatoms. The molecule has 1 fully saturated rings. The van der Waals surface area contributed by atoms with Crippen molar-refractivity contribution in [1.29, 1.82) is 0 Å². The van der Waals surface area contributed by atoms with Crippen LogP contribution in [-0.4, -0.2) is 23.4 Å². The number of rotatable bonds is 5. The third kappa shape index (κ3) is 3.51.